The summed E-state index contributed by atoms with van der Waals surface area (Å²) in [6.07, 6.45) is 1.01. The molecule has 0 aromatic heterocycles. The van der Waals surface area contributed by atoms with E-state index in [4.69, 9.17) is 4.74 Å². The van der Waals surface area contributed by atoms with Crippen LogP contribution in [0.15, 0.2) is 24.3 Å². The number of hydrogen-bond acceptors (Lipinski definition) is 3. The summed E-state index contributed by atoms with van der Waals surface area (Å²) < 4.78 is 18.5. The third-order valence-electron chi connectivity index (χ3n) is 3.18. The summed E-state index contributed by atoms with van der Waals surface area (Å²) in [6, 6.07) is 5.89. The Morgan fingerprint density at radius 1 is 1.50 bits per heavy atom. The van der Waals surface area contributed by atoms with E-state index in [-0.39, 0.29) is 23.6 Å². The molecule has 1 N–H and O–H groups in total. The topological polar surface area (TPSA) is 38.3 Å². The van der Waals surface area contributed by atoms with E-state index < -0.39 is 0 Å². The molecule has 1 aromatic carbocycles. The Kier molecular flexibility index (Phi) is 4.44. The summed E-state index contributed by atoms with van der Waals surface area (Å²) in [5.74, 6) is -0.628. The molecule has 1 aliphatic rings. The molecule has 0 radical (unpaired) electrons. The zero-order chi connectivity index (χ0) is 13.0. The lowest BCUT2D eigenvalue weighted by Crippen LogP contribution is -2.39. The summed E-state index contributed by atoms with van der Waals surface area (Å²) in [6.45, 7) is 3.90. The monoisotopic (exact) mass is 251 g/mol. The molecule has 1 saturated heterocycles. The van der Waals surface area contributed by atoms with Crippen molar-refractivity contribution < 1.29 is 13.9 Å². The lowest BCUT2D eigenvalue weighted by Gasteiger charge is -2.17. The van der Waals surface area contributed by atoms with Crippen LogP contribution in [0.4, 0.5) is 4.39 Å². The van der Waals surface area contributed by atoms with Crippen LogP contribution in [0.3, 0.4) is 0 Å². The summed E-state index contributed by atoms with van der Waals surface area (Å²) in [5.41, 5.74) is 0.425. The highest BCUT2D eigenvalue weighted by atomic mass is 19.1. The Labute approximate surface area is 106 Å². The number of ketones is 1. The molecule has 1 heterocycles. The average molecular weight is 251 g/mol. The first-order valence-electron chi connectivity index (χ1n) is 6.33. The van der Waals surface area contributed by atoms with Gasteiger partial charge in [-0.3, -0.25) is 4.79 Å². The van der Waals surface area contributed by atoms with E-state index in [0.29, 0.717) is 18.8 Å². The summed E-state index contributed by atoms with van der Waals surface area (Å²) in [4.78, 5) is 12.3. The maximum atomic E-state index is 13.1. The fraction of sp³-hybridized carbons (Fsp3) is 0.500. The smallest absolute Gasteiger partial charge is 0.170 e. The standard InChI is InChI=1S/C14H18FNO2/c1-2-6-16-13-9-18-8-12(13)14(17)10-4-3-5-11(15)7-10/h3-5,7,12-13,16H,2,6,8-9H2,1H3. The van der Waals surface area contributed by atoms with Crippen LogP contribution in [0.1, 0.15) is 23.7 Å². The SMILES string of the molecule is CCCNC1COCC1C(=O)c1cccc(F)c1. The van der Waals surface area contributed by atoms with Crippen LogP contribution in [0.2, 0.25) is 0 Å². The number of carbonyl (C=O) groups is 1. The number of Topliss-reactive ketones (excluding diaryl/α,β-unsaturated/α-hetero) is 1. The Balaban J connectivity index is 2.08. The molecule has 0 amide bonds. The molecule has 1 aromatic rings. The molecule has 2 unspecified atom stereocenters. The van der Waals surface area contributed by atoms with Gasteiger partial charge in [-0.15, -0.1) is 0 Å². The number of benzene rings is 1. The third-order valence-corrected chi connectivity index (χ3v) is 3.18. The van der Waals surface area contributed by atoms with E-state index in [2.05, 4.69) is 12.2 Å². The van der Waals surface area contributed by atoms with E-state index in [1.165, 1.54) is 12.1 Å². The lowest BCUT2D eigenvalue weighted by molar-refractivity contribution is 0.0891. The first kappa shape index (κ1) is 13.2. The Morgan fingerprint density at radius 3 is 3.06 bits per heavy atom. The minimum atomic E-state index is -0.377. The zero-order valence-electron chi connectivity index (χ0n) is 10.5. The van der Waals surface area contributed by atoms with Crippen LogP contribution in [0, 0.1) is 11.7 Å². The molecule has 4 heteroatoms. The molecular weight excluding hydrogens is 233 g/mol. The first-order valence-corrected chi connectivity index (χ1v) is 6.33. The highest BCUT2D eigenvalue weighted by Gasteiger charge is 2.34. The van der Waals surface area contributed by atoms with Gasteiger partial charge in [-0.1, -0.05) is 19.1 Å². The second-order valence-electron chi connectivity index (χ2n) is 4.58. The van der Waals surface area contributed by atoms with Crippen molar-refractivity contribution in [1.82, 2.24) is 5.32 Å². The van der Waals surface area contributed by atoms with Gasteiger partial charge in [-0.05, 0) is 25.1 Å². The van der Waals surface area contributed by atoms with Crippen LogP contribution >= 0.6 is 0 Å². The van der Waals surface area contributed by atoms with Crippen molar-refractivity contribution in [3.05, 3.63) is 35.6 Å². The van der Waals surface area contributed by atoms with Crippen molar-refractivity contribution in [2.45, 2.75) is 19.4 Å². The van der Waals surface area contributed by atoms with Gasteiger partial charge < -0.3 is 10.1 Å². The Bertz CT molecular complexity index is 422. The molecule has 3 nitrogen and oxygen atoms in total. The van der Waals surface area contributed by atoms with Gasteiger partial charge in [-0.25, -0.2) is 4.39 Å². The van der Waals surface area contributed by atoms with E-state index in [1.807, 2.05) is 0 Å². The maximum absolute atomic E-state index is 13.1. The number of hydrogen-bond donors (Lipinski definition) is 1. The highest BCUT2D eigenvalue weighted by molar-refractivity contribution is 5.98. The normalized spacial score (nSPS) is 23.2. The van der Waals surface area contributed by atoms with Gasteiger partial charge >= 0.3 is 0 Å². The molecule has 98 valence electrons. The minimum absolute atomic E-state index is 0.0411. The second kappa shape index (κ2) is 6.07. The van der Waals surface area contributed by atoms with Crippen LogP contribution in [0.25, 0.3) is 0 Å². The number of carbonyl (C=O) groups excluding carboxylic acids is 1. The Morgan fingerprint density at radius 2 is 2.33 bits per heavy atom. The number of nitrogens with one attached hydrogen (secondary N) is 1. The predicted octanol–water partition coefficient (Wildman–Crippen LogP) is 2.02. The molecule has 2 rings (SSSR count). The molecule has 0 aliphatic carbocycles. The van der Waals surface area contributed by atoms with Gasteiger partial charge in [0.15, 0.2) is 5.78 Å². The summed E-state index contributed by atoms with van der Waals surface area (Å²) >= 11 is 0. The Hall–Kier alpha value is -1.26. The van der Waals surface area contributed by atoms with Crippen LogP contribution in [-0.4, -0.2) is 31.6 Å². The van der Waals surface area contributed by atoms with Crippen molar-refractivity contribution in [3.63, 3.8) is 0 Å². The van der Waals surface area contributed by atoms with Crippen molar-refractivity contribution in [1.29, 1.82) is 0 Å². The van der Waals surface area contributed by atoms with Gasteiger partial charge in [0.1, 0.15) is 5.82 Å². The van der Waals surface area contributed by atoms with Crippen molar-refractivity contribution >= 4 is 5.78 Å². The quantitative estimate of drug-likeness (QED) is 0.814. The van der Waals surface area contributed by atoms with E-state index in [9.17, 15) is 9.18 Å². The summed E-state index contributed by atoms with van der Waals surface area (Å²) in [7, 11) is 0. The number of rotatable bonds is 5. The zero-order valence-corrected chi connectivity index (χ0v) is 10.5. The molecule has 1 aliphatic heterocycles. The van der Waals surface area contributed by atoms with E-state index in [1.54, 1.807) is 12.1 Å². The largest absolute Gasteiger partial charge is 0.379 e. The van der Waals surface area contributed by atoms with Crippen LogP contribution in [-0.2, 0) is 4.74 Å². The molecule has 0 spiro atoms. The van der Waals surface area contributed by atoms with Gasteiger partial charge in [-0.2, -0.15) is 0 Å². The fourth-order valence-electron chi connectivity index (χ4n) is 2.20. The minimum Gasteiger partial charge on any atom is -0.379 e. The third kappa shape index (κ3) is 2.94. The summed E-state index contributed by atoms with van der Waals surface area (Å²) in [5, 5.41) is 3.31. The number of ether oxygens (including phenoxy) is 1. The number of halogens is 1. The van der Waals surface area contributed by atoms with Gasteiger partial charge in [0.05, 0.1) is 19.1 Å². The van der Waals surface area contributed by atoms with Gasteiger partial charge in [0, 0.05) is 11.6 Å². The van der Waals surface area contributed by atoms with Crippen molar-refractivity contribution in [2.24, 2.45) is 5.92 Å². The fourth-order valence-corrected chi connectivity index (χ4v) is 2.20. The molecule has 0 bridgehead atoms. The molecule has 18 heavy (non-hydrogen) atoms. The highest BCUT2D eigenvalue weighted by Crippen LogP contribution is 2.19. The molecule has 0 saturated carbocycles. The van der Waals surface area contributed by atoms with E-state index in [0.717, 1.165) is 13.0 Å². The second-order valence-corrected chi connectivity index (χ2v) is 4.58. The van der Waals surface area contributed by atoms with Gasteiger partial charge in [0.2, 0.25) is 0 Å². The van der Waals surface area contributed by atoms with Crippen LogP contribution < -0.4 is 5.32 Å². The molecular formula is C14H18FNO2. The molecule has 2 atom stereocenters. The average Bonchev–Trinajstić information content (AvgIpc) is 2.83. The van der Waals surface area contributed by atoms with Crippen molar-refractivity contribution in [3.8, 4) is 0 Å². The van der Waals surface area contributed by atoms with Gasteiger partial charge in [0.25, 0.3) is 0 Å². The lowest BCUT2D eigenvalue weighted by atomic mass is 9.93. The molecule has 1 fully saturated rings. The predicted molar refractivity (Wildman–Crippen MR) is 67.1 cm³/mol. The van der Waals surface area contributed by atoms with Crippen LogP contribution in [0.5, 0.6) is 0 Å². The first-order chi connectivity index (χ1) is 8.72. The van der Waals surface area contributed by atoms with Crippen molar-refractivity contribution in [2.75, 3.05) is 19.8 Å². The maximum Gasteiger partial charge on any atom is 0.170 e. The van der Waals surface area contributed by atoms with E-state index >= 15 is 0 Å².